The lowest BCUT2D eigenvalue weighted by Gasteiger charge is -2.34. The van der Waals surface area contributed by atoms with Crippen LogP contribution < -0.4 is 10.2 Å². The molecular weight excluding hydrogens is 335 g/mol. The lowest BCUT2D eigenvalue weighted by atomic mass is 9.94. The molecule has 2 fully saturated rings. The van der Waals surface area contributed by atoms with Crippen LogP contribution in [-0.2, 0) is 15.7 Å². The van der Waals surface area contributed by atoms with E-state index in [9.17, 15) is 18.0 Å². The summed E-state index contributed by atoms with van der Waals surface area (Å²) in [4.78, 5) is 17.6. The van der Waals surface area contributed by atoms with Gasteiger partial charge in [-0.1, -0.05) is 0 Å². The Kier molecular flexibility index (Phi) is 5.46. The number of aromatic nitrogens is 1. The number of piperidine rings is 1. The number of ether oxygens (including phenoxy) is 1. The summed E-state index contributed by atoms with van der Waals surface area (Å²) in [5.74, 6) is -0.0275. The molecular formula is C17H22F3N3O2. The molecule has 0 atom stereocenters. The van der Waals surface area contributed by atoms with E-state index >= 15 is 0 Å². The van der Waals surface area contributed by atoms with Gasteiger partial charge < -0.3 is 15.0 Å². The van der Waals surface area contributed by atoms with Gasteiger partial charge in [0.25, 0.3) is 0 Å². The molecule has 138 valence electrons. The first kappa shape index (κ1) is 18.0. The molecule has 1 N–H and O–H groups in total. The predicted octanol–water partition coefficient (Wildman–Crippen LogP) is 2.61. The minimum atomic E-state index is -4.45. The fourth-order valence-electron chi connectivity index (χ4n) is 3.33. The van der Waals surface area contributed by atoms with E-state index in [1.54, 1.807) is 6.07 Å². The standard InChI is InChI=1S/C17H22F3N3O2/c18-17(19,20)15-11-14(1-6-21-15)23-7-2-12(3-8-23)16(24)22-13-4-9-25-10-5-13/h1,6,11-13H,2-5,7-10H2,(H,22,24). The average molecular weight is 357 g/mol. The fraction of sp³-hybridized carbons (Fsp3) is 0.647. The molecule has 3 heterocycles. The van der Waals surface area contributed by atoms with Crippen LogP contribution in [0.3, 0.4) is 0 Å². The minimum Gasteiger partial charge on any atom is -0.381 e. The molecule has 0 spiro atoms. The van der Waals surface area contributed by atoms with Crippen LogP contribution >= 0.6 is 0 Å². The second-order valence-electron chi connectivity index (χ2n) is 6.55. The first-order valence-corrected chi connectivity index (χ1v) is 8.60. The van der Waals surface area contributed by atoms with Crippen LogP contribution in [0.2, 0.25) is 0 Å². The van der Waals surface area contributed by atoms with Gasteiger partial charge in [0, 0.05) is 50.1 Å². The number of nitrogens with one attached hydrogen (secondary N) is 1. The second-order valence-corrected chi connectivity index (χ2v) is 6.55. The highest BCUT2D eigenvalue weighted by molar-refractivity contribution is 5.79. The van der Waals surface area contributed by atoms with Crippen molar-refractivity contribution in [2.24, 2.45) is 5.92 Å². The van der Waals surface area contributed by atoms with Crippen LogP contribution in [0.4, 0.5) is 18.9 Å². The first-order valence-electron chi connectivity index (χ1n) is 8.60. The van der Waals surface area contributed by atoms with Gasteiger partial charge in [0.15, 0.2) is 0 Å². The smallest absolute Gasteiger partial charge is 0.381 e. The molecule has 3 rings (SSSR count). The van der Waals surface area contributed by atoms with Crippen molar-refractivity contribution in [2.75, 3.05) is 31.2 Å². The minimum absolute atomic E-state index is 0.0530. The normalized spacial score (nSPS) is 20.5. The zero-order valence-electron chi connectivity index (χ0n) is 13.9. The van der Waals surface area contributed by atoms with Gasteiger partial charge >= 0.3 is 6.18 Å². The number of amides is 1. The van der Waals surface area contributed by atoms with Crippen LogP contribution in [0.15, 0.2) is 18.3 Å². The monoisotopic (exact) mass is 357 g/mol. The lowest BCUT2D eigenvalue weighted by Crippen LogP contribution is -2.45. The number of halogens is 3. The van der Waals surface area contributed by atoms with Crippen LogP contribution in [0.25, 0.3) is 0 Å². The Bertz CT molecular complexity index is 595. The average Bonchev–Trinajstić information content (AvgIpc) is 2.62. The number of anilines is 1. The van der Waals surface area contributed by atoms with Gasteiger partial charge in [-0.25, -0.2) is 0 Å². The van der Waals surface area contributed by atoms with Crippen molar-refractivity contribution < 1.29 is 22.7 Å². The molecule has 2 aliphatic heterocycles. The van der Waals surface area contributed by atoms with Crippen molar-refractivity contribution in [3.8, 4) is 0 Å². The highest BCUT2D eigenvalue weighted by Gasteiger charge is 2.33. The van der Waals surface area contributed by atoms with E-state index in [4.69, 9.17) is 4.74 Å². The van der Waals surface area contributed by atoms with Gasteiger partial charge in [0.2, 0.25) is 5.91 Å². The third kappa shape index (κ3) is 4.62. The Morgan fingerprint density at radius 3 is 2.52 bits per heavy atom. The summed E-state index contributed by atoms with van der Waals surface area (Å²) in [6, 6.07) is 2.83. The second kappa shape index (κ2) is 7.59. The van der Waals surface area contributed by atoms with Gasteiger partial charge in [0.1, 0.15) is 5.69 Å². The molecule has 0 unspecified atom stereocenters. The van der Waals surface area contributed by atoms with Crippen molar-refractivity contribution in [1.29, 1.82) is 0 Å². The quantitative estimate of drug-likeness (QED) is 0.904. The maximum absolute atomic E-state index is 12.8. The summed E-state index contributed by atoms with van der Waals surface area (Å²) in [7, 11) is 0. The van der Waals surface area contributed by atoms with Crippen molar-refractivity contribution in [3.05, 3.63) is 24.0 Å². The summed E-state index contributed by atoms with van der Waals surface area (Å²) in [5, 5.41) is 3.08. The number of carbonyl (C=O) groups excluding carboxylic acids is 1. The molecule has 8 heteroatoms. The molecule has 0 aromatic carbocycles. The van der Waals surface area contributed by atoms with Crippen molar-refractivity contribution in [2.45, 2.75) is 37.9 Å². The van der Waals surface area contributed by atoms with Crippen LogP contribution in [-0.4, -0.2) is 43.2 Å². The third-order valence-electron chi connectivity index (χ3n) is 4.83. The van der Waals surface area contributed by atoms with Crippen LogP contribution in [0.1, 0.15) is 31.4 Å². The van der Waals surface area contributed by atoms with E-state index in [-0.39, 0.29) is 17.9 Å². The summed E-state index contributed by atoms with van der Waals surface area (Å²) in [5.41, 5.74) is -0.380. The number of hydrogen-bond donors (Lipinski definition) is 1. The largest absolute Gasteiger partial charge is 0.433 e. The lowest BCUT2D eigenvalue weighted by molar-refractivity contribution is -0.141. The van der Waals surface area contributed by atoms with Gasteiger partial charge in [-0.05, 0) is 37.8 Å². The van der Waals surface area contributed by atoms with Crippen molar-refractivity contribution >= 4 is 11.6 Å². The number of carbonyl (C=O) groups is 1. The highest BCUT2D eigenvalue weighted by Crippen LogP contribution is 2.31. The van der Waals surface area contributed by atoms with Gasteiger partial charge in [-0.3, -0.25) is 9.78 Å². The van der Waals surface area contributed by atoms with E-state index in [0.29, 0.717) is 44.8 Å². The number of alkyl halides is 3. The Morgan fingerprint density at radius 2 is 1.88 bits per heavy atom. The van der Waals surface area contributed by atoms with E-state index in [1.165, 1.54) is 6.20 Å². The first-order chi connectivity index (χ1) is 11.9. The van der Waals surface area contributed by atoms with Crippen molar-refractivity contribution in [1.82, 2.24) is 10.3 Å². The van der Waals surface area contributed by atoms with E-state index < -0.39 is 11.9 Å². The van der Waals surface area contributed by atoms with Crippen LogP contribution in [0.5, 0.6) is 0 Å². The maximum atomic E-state index is 12.8. The third-order valence-corrected chi connectivity index (χ3v) is 4.83. The fourth-order valence-corrected chi connectivity index (χ4v) is 3.33. The van der Waals surface area contributed by atoms with Gasteiger partial charge in [-0.2, -0.15) is 13.2 Å². The number of nitrogens with zero attached hydrogens (tertiary/aromatic N) is 2. The topological polar surface area (TPSA) is 54.5 Å². The summed E-state index contributed by atoms with van der Waals surface area (Å²) >= 11 is 0. The number of pyridine rings is 1. The van der Waals surface area contributed by atoms with Crippen LogP contribution in [0, 0.1) is 5.92 Å². The molecule has 2 aliphatic rings. The Balaban J connectivity index is 1.54. The van der Waals surface area contributed by atoms with Gasteiger partial charge in [0.05, 0.1) is 0 Å². The van der Waals surface area contributed by atoms with E-state index in [1.807, 2.05) is 4.90 Å². The molecule has 0 radical (unpaired) electrons. The summed E-state index contributed by atoms with van der Waals surface area (Å²) < 4.78 is 43.6. The Morgan fingerprint density at radius 1 is 1.20 bits per heavy atom. The molecule has 1 amide bonds. The summed E-state index contributed by atoms with van der Waals surface area (Å²) in [6.07, 6.45) is -0.318. The molecule has 2 saturated heterocycles. The molecule has 25 heavy (non-hydrogen) atoms. The van der Waals surface area contributed by atoms with Crippen molar-refractivity contribution in [3.63, 3.8) is 0 Å². The predicted molar refractivity (Wildman–Crippen MR) is 86.2 cm³/mol. The highest BCUT2D eigenvalue weighted by atomic mass is 19.4. The molecule has 0 aliphatic carbocycles. The SMILES string of the molecule is O=C(NC1CCOCC1)C1CCN(c2ccnc(C(F)(F)F)c2)CC1. The Labute approximate surface area is 144 Å². The molecule has 1 aromatic rings. The summed E-state index contributed by atoms with van der Waals surface area (Å²) in [6.45, 7) is 2.47. The molecule has 1 aromatic heterocycles. The zero-order valence-corrected chi connectivity index (χ0v) is 13.9. The molecule has 5 nitrogen and oxygen atoms in total. The molecule has 0 saturated carbocycles. The number of rotatable bonds is 3. The van der Waals surface area contributed by atoms with E-state index in [2.05, 4.69) is 10.3 Å². The Hall–Kier alpha value is -1.83. The molecule has 0 bridgehead atoms. The zero-order chi connectivity index (χ0) is 17.9. The van der Waals surface area contributed by atoms with E-state index in [0.717, 1.165) is 18.9 Å². The van der Waals surface area contributed by atoms with Gasteiger partial charge in [-0.15, -0.1) is 0 Å². The maximum Gasteiger partial charge on any atom is 0.433 e. The number of hydrogen-bond acceptors (Lipinski definition) is 4.